The molecular weight excluding hydrogens is 273 g/mol. The largest absolute Gasteiger partial charge is 0.326 e. The van der Waals surface area contributed by atoms with Crippen molar-refractivity contribution in [2.45, 2.75) is 12.3 Å². The molecule has 0 saturated carbocycles. The number of alkyl halides is 1. The molecule has 1 rings (SSSR count). The topological polar surface area (TPSA) is 58.2 Å². The highest BCUT2D eigenvalue weighted by Crippen LogP contribution is 2.19. The summed E-state index contributed by atoms with van der Waals surface area (Å²) in [6.45, 7) is 1.32. The van der Waals surface area contributed by atoms with Crippen LogP contribution in [0.3, 0.4) is 0 Å². The van der Waals surface area contributed by atoms with Crippen molar-refractivity contribution < 1.29 is 22.8 Å². The van der Waals surface area contributed by atoms with Crippen molar-refractivity contribution in [1.29, 1.82) is 0 Å². The van der Waals surface area contributed by atoms with Crippen molar-refractivity contribution in [2.75, 3.05) is 5.32 Å². The zero-order chi connectivity index (χ0) is 13.9. The van der Waals surface area contributed by atoms with E-state index in [0.717, 1.165) is 6.07 Å². The van der Waals surface area contributed by atoms with Gasteiger partial charge in [-0.3, -0.25) is 10.1 Å². The van der Waals surface area contributed by atoms with Crippen molar-refractivity contribution in [2.24, 2.45) is 0 Å². The van der Waals surface area contributed by atoms with Crippen LogP contribution in [0.25, 0.3) is 0 Å². The molecule has 0 aliphatic rings. The first-order chi connectivity index (χ1) is 8.32. The number of halogens is 4. The van der Waals surface area contributed by atoms with Gasteiger partial charge < -0.3 is 5.32 Å². The van der Waals surface area contributed by atoms with Crippen LogP contribution in [0, 0.1) is 17.5 Å². The predicted octanol–water partition coefficient (Wildman–Crippen LogP) is 2.38. The number of amides is 3. The summed E-state index contributed by atoms with van der Waals surface area (Å²) in [5, 5.41) is 2.67. The zero-order valence-corrected chi connectivity index (χ0v) is 9.82. The van der Waals surface area contributed by atoms with Crippen LogP contribution in [-0.4, -0.2) is 17.3 Å². The normalized spacial score (nSPS) is 11.8. The number of urea groups is 1. The summed E-state index contributed by atoms with van der Waals surface area (Å²) >= 11 is 5.38. The molecule has 98 valence electrons. The molecule has 0 aliphatic heterocycles. The van der Waals surface area contributed by atoms with Gasteiger partial charge in [-0.25, -0.2) is 18.0 Å². The molecule has 0 heterocycles. The van der Waals surface area contributed by atoms with Crippen LogP contribution in [0.15, 0.2) is 12.1 Å². The molecule has 0 radical (unpaired) electrons. The Bertz CT molecular complexity index is 494. The third-order valence-electron chi connectivity index (χ3n) is 1.88. The summed E-state index contributed by atoms with van der Waals surface area (Å²) in [4.78, 5) is 22.2. The fourth-order valence-corrected chi connectivity index (χ4v) is 1.04. The molecule has 1 aromatic carbocycles. The zero-order valence-electron chi connectivity index (χ0n) is 9.06. The fraction of sp³-hybridized carbons (Fsp3) is 0.200. The Morgan fingerprint density at radius 3 is 2.39 bits per heavy atom. The van der Waals surface area contributed by atoms with E-state index >= 15 is 0 Å². The Hall–Kier alpha value is -1.76. The van der Waals surface area contributed by atoms with Crippen molar-refractivity contribution in [3.63, 3.8) is 0 Å². The van der Waals surface area contributed by atoms with Crippen LogP contribution in [0.1, 0.15) is 6.92 Å². The Morgan fingerprint density at radius 2 is 1.83 bits per heavy atom. The van der Waals surface area contributed by atoms with Gasteiger partial charge in [0.05, 0.1) is 5.69 Å². The van der Waals surface area contributed by atoms with E-state index in [2.05, 4.69) is 0 Å². The second-order valence-corrected chi connectivity index (χ2v) is 3.94. The quantitative estimate of drug-likeness (QED) is 0.645. The molecular formula is C10H8ClF3N2O2. The summed E-state index contributed by atoms with van der Waals surface area (Å²) < 4.78 is 38.6. The molecule has 0 aliphatic carbocycles. The molecule has 0 saturated heterocycles. The first-order valence-corrected chi connectivity index (χ1v) is 5.16. The van der Waals surface area contributed by atoms with Gasteiger partial charge in [-0.05, 0) is 19.1 Å². The van der Waals surface area contributed by atoms with Crippen LogP contribution in [-0.2, 0) is 4.79 Å². The molecule has 2 N–H and O–H groups in total. The van der Waals surface area contributed by atoms with E-state index in [1.54, 1.807) is 5.32 Å². The molecule has 1 unspecified atom stereocenters. The maximum absolute atomic E-state index is 13.2. The van der Waals surface area contributed by atoms with Crippen LogP contribution >= 0.6 is 11.6 Å². The van der Waals surface area contributed by atoms with E-state index in [1.165, 1.54) is 6.92 Å². The number of benzene rings is 1. The molecule has 0 aromatic heterocycles. The molecule has 0 fully saturated rings. The van der Waals surface area contributed by atoms with Crippen molar-refractivity contribution in [1.82, 2.24) is 5.32 Å². The lowest BCUT2D eigenvalue weighted by Gasteiger charge is -2.08. The van der Waals surface area contributed by atoms with Gasteiger partial charge >= 0.3 is 6.03 Å². The van der Waals surface area contributed by atoms with Gasteiger partial charge in [-0.1, -0.05) is 0 Å². The Balaban J connectivity index is 2.77. The smallest absolute Gasteiger partial charge is 0.305 e. The maximum atomic E-state index is 13.2. The Labute approximate surface area is 105 Å². The molecule has 18 heavy (non-hydrogen) atoms. The standard InChI is InChI=1S/C10H8ClF3N2O2/c1-4(11)9(17)16-10(18)15-6-3-2-5(12)7(13)8(6)14/h2-4H,1H3,(H2,15,16,17,18). The maximum Gasteiger partial charge on any atom is 0.326 e. The summed E-state index contributed by atoms with van der Waals surface area (Å²) in [5.41, 5.74) is -0.596. The highest BCUT2D eigenvalue weighted by molar-refractivity contribution is 6.31. The minimum atomic E-state index is -1.72. The van der Waals surface area contributed by atoms with Gasteiger partial charge in [0.1, 0.15) is 5.38 Å². The van der Waals surface area contributed by atoms with Gasteiger partial charge in [-0.15, -0.1) is 11.6 Å². The summed E-state index contributed by atoms with van der Waals surface area (Å²) in [6.07, 6.45) is 0. The molecule has 4 nitrogen and oxygen atoms in total. The SMILES string of the molecule is CC(Cl)C(=O)NC(=O)Nc1ccc(F)c(F)c1F. The number of hydrogen-bond acceptors (Lipinski definition) is 2. The first kappa shape index (κ1) is 14.3. The average molecular weight is 281 g/mol. The van der Waals surface area contributed by atoms with Crippen molar-refractivity contribution in [3.8, 4) is 0 Å². The minimum Gasteiger partial charge on any atom is -0.305 e. The number of carbonyl (C=O) groups excluding carboxylic acids is 2. The van der Waals surface area contributed by atoms with Gasteiger partial charge in [0.2, 0.25) is 5.91 Å². The van der Waals surface area contributed by atoms with E-state index in [0.29, 0.717) is 6.07 Å². The number of hydrogen-bond donors (Lipinski definition) is 2. The van der Waals surface area contributed by atoms with Crippen LogP contribution in [0.5, 0.6) is 0 Å². The van der Waals surface area contributed by atoms with E-state index in [9.17, 15) is 22.8 Å². The molecule has 0 bridgehead atoms. The molecule has 1 aromatic rings. The lowest BCUT2D eigenvalue weighted by Crippen LogP contribution is -2.38. The van der Waals surface area contributed by atoms with E-state index < -0.39 is 40.5 Å². The van der Waals surface area contributed by atoms with Crippen molar-refractivity contribution >= 4 is 29.2 Å². The fourth-order valence-electron chi connectivity index (χ4n) is 0.987. The van der Waals surface area contributed by atoms with Crippen LogP contribution < -0.4 is 10.6 Å². The summed E-state index contributed by atoms with van der Waals surface area (Å²) in [7, 11) is 0. The monoisotopic (exact) mass is 280 g/mol. The van der Waals surface area contributed by atoms with E-state index in [4.69, 9.17) is 11.6 Å². The number of imide groups is 1. The number of carbonyl (C=O) groups is 2. The highest BCUT2D eigenvalue weighted by atomic mass is 35.5. The second kappa shape index (κ2) is 5.72. The van der Waals surface area contributed by atoms with Gasteiger partial charge in [-0.2, -0.15) is 0 Å². The van der Waals surface area contributed by atoms with Crippen molar-refractivity contribution in [3.05, 3.63) is 29.6 Å². The summed E-state index contributed by atoms with van der Waals surface area (Å²) in [5.74, 6) is -5.47. The lowest BCUT2D eigenvalue weighted by atomic mass is 10.3. The van der Waals surface area contributed by atoms with Crippen LogP contribution in [0.2, 0.25) is 0 Å². The number of rotatable bonds is 2. The van der Waals surface area contributed by atoms with Gasteiger partial charge in [0.25, 0.3) is 0 Å². The average Bonchev–Trinajstić information content (AvgIpc) is 2.29. The molecule has 1 atom stereocenters. The summed E-state index contributed by atoms with van der Waals surface area (Å²) in [6, 6.07) is 0.361. The molecule has 0 spiro atoms. The van der Waals surface area contributed by atoms with Gasteiger partial charge in [0.15, 0.2) is 17.5 Å². The Morgan fingerprint density at radius 1 is 1.22 bits per heavy atom. The minimum absolute atomic E-state index is 0.596. The third kappa shape index (κ3) is 3.36. The number of nitrogens with one attached hydrogen (secondary N) is 2. The van der Waals surface area contributed by atoms with Crippen LogP contribution in [0.4, 0.5) is 23.7 Å². The van der Waals surface area contributed by atoms with E-state index in [1.807, 2.05) is 5.32 Å². The second-order valence-electron chi connectivity index (χ2n) is 3.28. The highest BCUT2D eigenvalue weighted by Gasteiger charge is 2.17. The molecule has 8 heteroatoms. The lowest BCUT2D eigenvalue weighted by molar-refractivity contribution is -0.119. The molecule has 3 amide bonds. The predicted molar refractivity (Wildman–Crippen MR) is 58.8 cm³/mol. The van der Waals surface area contributed by atoms with Gasteiger partial charge in [0, 0.05) is 0 Å². The number of anilines is 1. The van der Waals surface area contributed by atoms with E-state index in [-0.39, 0.29) is 0 Å². The Kier molecular flexibility index (Phi) is 4.55. The third-order valence-corrected chi connectivity index (χ3v) is 2.08. The first-order valence-electron chi connectivity index (χ1n) is 4.72.